The van der Waals surface area contributed by atoms with E-state index in [-0.39, 0.29) is 0 Å². The van der Waals surface area contributed by atoms with Crippen LogP contribution in [0.3, 0.4) is 0 Å². The Morgan fingerprint density at radius 2 is 2.04 bits per heavy atom. The second-order valence-corrected chi connectivity index (χ2v) is 6.27. The monoisotopic (exact) mass is 310 g/mol. The van der Waals surface area contributed by atoms with Crippen LogP contribution in [0.4, 0.5) is 5.82 Å². The van der Waals surface area contributed by atoms with Crippen molar-refractivity contribution in [3.63, 3.8) is 0 Å². The number of anilines is 1. The Morgan fingerprint density at radius 1 is 1.26 bits per heavy atom. The van der Waals surface area contributed by atoms with Crippen LogP contribution in [0.5, 0.6) is 0 Å². The lowest BCUT2D eigenvalue weighted by atomic mass is 10.0. The number of hydrogen-bond donors (Lipinski definition) is 2. The SMILES string of the molecule is CC(C)(C)OC(=O)c1cccnc1-c1ccc2[nH]nc(N)c2c1. The van der Waals surface area contributed by atoms with E-state index in [0.29, 0.717) is 17.1 Å². The fourth-order valence-corrected chi connectivity index (χ4v) is 2.31. The maximum absolute atomic E-state index is 12.4. The van der Waals surface area contributed by atoms with Gasteiger partial charge in [0.25, 0.3) is 0 Å². The molecule has 3 aromatic rings. The van der Waals surface area contributed by atoms with Crippen molar-refractivity contribution in [2.24, 2.45) is 0 Å². The predicted molar refractivity (Wildman–Crippen MR) is 88.9 cm³/mol. The maximum atomic E-state index is 12.4. The normalized spacial score (nSPS) is 11.6. The fourth-order valence-electron chi connectivity index (χ4n) is 2.31. The number of nitrogens with zero attached hydrogens (tertiary/aromatic N) is 2. The Hall–Kier alpha value is -2.89. The van der Waals surface area contributed by atoms with Crippen LogP contribution in [0.1, 0.15) is 31.1 Å². The molecule has 3 N–H and O–H groups in total. The number of aromatic amines is 1. The zero-order valence-corrected chi connectivity index (χ0v) is 13.3. The number of aromatic nitrogens is 3. The van der Waals surface area contributed by atoms with E-state index in [1.54, 1.807) is 18.3 Å². The number of hydrogen-bond acceptors (Lipinski definition) is 5. The molecule has 0 saturated carbocycles. The smallest absolute Gasteiger partial charge is 0.340 e. The molecule has 23 heavy (non-hydrogen) atoms. The molecule has 0 radical (unpaired) electrons. The predicted octanol–water partition coefficient (Wildman–Crippen LogP) is 3.16. The molecule has 0 fully saturated rings. The fraction of sp³-hybridized carbons (Fsp3) is 0.235. The van der Waals surface area contributed by atoms with Crippen LogP contribution in [-0.4, -0.2) is 26.8 Å². The van der Waals surface area contributed by atoms with Gasteiger partial charge >= 0.3 is 5.97 Å². The van der Waals surface area contributed by atoms with Gasteiger partial charge in [-0.25, -0.2) is 4.79 Å². The second kappa shape index (κ2) is 5.39. The van der Waals surface area contributed by atoms with Crippen LogP contribution in [-0.2, 0) is 4.74 Å². The molecule has 1 aromatic carbocycles. The Bertz CT molecular complexity index is 878. The third kappa shape index (κ3) is 3.01. The molecular formula is C17H18N4O2. The zero-order valence-electron chi connectivity index (χ0n) is 13.3. The molecule has 0 aliphatic heterocycles. The summed E-state index contributed by atoms with van der Waals surface area (Å²) in [6.45, 7) is 5.50. The van der Waals surface area contributed by atoms with Crippen LogP contribution in [0.15, 0.2) is 36.5 Å². The van der Waals surface area contributed by atoms with Crippen molar-refractivity contribution in [3.05, 3.63) is 42.1 Å². The van der Waals surface area contributed by atoms with E-state index in [4.69, 9.17) is 10.5 Å². The van der Waals surface area contributed by atoms with E-state index >= 15 is 0 Å². The number of ether oxygens (including phenoxy) is 1. The molecule has 2 heterocycles. The summed E-state index contributed by atoms with van der Waals surface area (Å²) in [6.07, 6.45) is 1.64. The lowest BCUT2D eigenvalue weighted by Gasteiger charge is -2.20. The van der Waals surface area contributed by atoms with Gasteiger partial charge < -0.3 is 10.5 Å². The van der Waals surface area contributed by atoms with Gasteiger partial charge in [0.05, 0.1) is 16.8 Å². The first-order valence-electron chi connectivity index (χ1n) is 7.27. The minimum absolute atomic E-state index is 0.402. The summed E-state index contributed by atoms with van der Waals surface area (Å²) in [5, 5.41) is 7.62. The van der Waals surface area contributed by atoms with Crippen molar-refractivity contribution in [2.45, 2.75) is 26.4 Å². The van der Waals surface area contributed by atoms with Crippen molar-refractivity contribution >= 4 is 22.7 Å². The molecular weight excluding hydrogens is 292 g/mol. The molecule has 6 heteroatoms. The molecule has 0 bridgehead atoms. The van der Waals surface area contributed by atoms with Crippen molar-refractivity contribution in [1.82, 2.24) is 15.2 Å². The average molecular weight is 310 g/mol. The van der Waals surface area contributed by atoms with Gasteiger partial charge in [0.2, 0.25) is 0 Å². The van der Waals surface area contributed by atoms with E-state index in [9.17, 15) is 4.79 Å². The zero-order chi connectivity index (χ0) is 16.6. The number of H-pyrrole nitrogens is 1. The molecule has 0 spiro atoms. The number of nitrogen functional groups attached to an aromatic ring is 1. The lowest BCUT2D eigenvalue weighted by molar-refractivity contribution is 0.00701. The summed E-state index contributed by atoms with van der Waals surface area (Å²) in [4.78, 5) is 16.8. The second-order valence-electron chi connectivity index (χ2n) is 6.27. The molecule has 2 aromatic heterocycles. The number of esters is 1. The van der Waals surface area contributed by atoms with Crippen LogP contribution >= 0.6 is 0 Å². The van der Waals surface area contributed by atoms with Crippen LogP contribution in [0.25, 0.3) is 22.2 Å². The molecule has 3 rings (SSSR count). The first-order valence-corrected chi connectivity index (χ1v) is 7.27. The third-order valence-corrected chi connectivity index (χ3v) is 3.29. The number of rotatable bonds is 2. The van der Waals surface area contributed by atoms with Crippen LogP contribution < -0.4 is 5.73 Å². The average Bonchev–Trinajstić information content (AvgIpc) is 2.86. The van der Waals surface area contributed by atoms with Crippen LogP contribution in [0, 0.1) is 0 Å². The largest absolute Gasteiger partial charge is 0.456 e. The number of pyridine rings is 1. The van der Waals surface area contributed by atoms with Gasteiger partial charge in [0.15, 0.2) is 5.82 Å². The highest BCUT2D eigenvalue weighted by Crippen LogP contribution is 2.28. The Labute approximate surface area is 133 Å². The number of carbonyl (C=O) groups is 1. The lowest BCUT2D eigenvalue weighted by Crippen LogP contribution is -2.24. The Morgan fingerprint density at radius 3 is 2.78 bits per heavy atom. The number of fused-ring (bicyclic) bond motifs is 1. The Kier molecular flexibility index (Phi) is 3.52. The summed E-state index contributed by atoms with van der Waals surface area (Å²) in [6, 6.07) is 9.02. The summed E-state index contributed by atoms with van der Waals surface area (Å²) >= 11 is 0. The van der Waals surface area contributed by atoms with Crippen molar-refractivity contribution in [1.29, 1.82) is 0 Å². The quantitative estimate of drug-likeness (QED) is 0.709. The summed E-state index contributed by atoms with van der Waals surface area (Å²) in [7, 11) is 0. The van der Waals surface area contributed by atoms with E-state index in [2.05, 4.69) is 15.2 Å². The summed E-state index contributed by atoms with van der Waals surface area (Å²) < 4.78 is 5.46. The number of benzene rings is 1. The molecule has 0 amide bonds. The minimum Gasteiger partial charge on any atom is -0.456 e. The first-order chi connectivity index (χ1) is 10.8. The highest BCUT2D eigenvalue weighted by atomic mass is 16.6. The van der Waals surface area contributed by atoms with Gasteiger partial charge in [-0.1, -0.05) is 6.07 Å². The molecule has 0 unspecified atom stereocenters. The third-order valence-electron chi connectivity index (χ3n) is 3.29. The number of carbonyl (C=O) groups excluding carboxylic acids is 1. The first kappa shape index (κ1) is 15.0. The van der Waals surface area contributed by atoms with Crippen molar-refractivity contribution in [3.8, 4) is 11.3 Å². The van der Waals surface area contributed by atoms with E-state index in [0.717, 1.165) is 16.5 Å². The Balaban J connectivity index is 2.08. The van der Waals surface area contributed by atoms with Gasteiger partial charge in [-0.05, 0) is 45.0 Å². The van der Waals surface area contributed by atoms with Gasteiger partial charge in [-0.2, -0.15) is 5.10 Å². The molecule has 118 valence electrons. The van der Waals surface area contributed by atoms with Gasteiger partial charge in [-0.15, -0.1) is 0 Å². The van der Waals surface area contributed by atoms with Crippen LogP contribution in [0.2, 0.25) is 0 Å². The number of nitrogens with one attached hydrogen (secondary N) is 1. The summed E-state index contributed by atoms with van der Waals surface area (Å²) in [5.41, 5.74) is 7.88. The topological polar surface area (TPSA) is 93.9 Å². The van der Waals surface area contributed by atoms with E-state index < -0.39 is 11.6 Å². The van der Waals surface area contributed by atoms with E-state index in [1.807, 2.05) is 39.0 Å². The molecule has 0 aliphatic carbocycles. The molecule has 0 aliphatic rings. The molecule has 0 atom stereocenters. The van der Waals surface area contributed by atoms with Crippen molar-refractivity contribution < 1.29 is 9.53 Å². The standard InChI is InChI=1S/C17H18N4O2/c1-17(2,3)23-16(22)11-5-4-8-19-14(11)10-6-7-13-12(9-10)15(18)21-20-13/h4-9H,1-3H3,(H3,18,20,21). The highest BCUT2D eigenvalue weighted by molar-refractivity contribution is 5.98. The van der Waals surface area contributed by atoms with Gasteiger partial charge in [0, 0.05) is 17.1 Å². The van der Waals surface area contributed by atoms with Gasteiger partial charge in [-0.3, -0.25) is 10.1 Å². The van der Waals surface area contributed by atoms with E-state index in [1.165, 1.54) is 0 Å². The van der Waals surface area contributed by atoms with Gasteiger partial charge in [0.1, 0.15) is 5.60 Å². The highest BCUT2D eigenvalue weighted by Gasteiger charge is 2.21. The minimum atomic E-state index is -0.566. The summed E-state index contributed by atoms with van der Waals surface area (Å²) in [5.74, 6) is 0.0115. The molecule has 0 saturated heterocycles. The molecule has 6 nitrogen and oxygen atoms in total. The maximum Gasteiger partial charge on any atom is 0.340 e. The van der Waals surface area contributed by atoms with Crippen molar-refractivity contribution in [2.75, 3.05) is 5.73 Å². The number of nitrogens with two attached hydrogens (primary N) is 1.